The van der Waals surface area contributed by atoms with Crippen molar-refractivity contribution in [2.75, 3.05) is 7.11 Å². The van der Waals surface area contributed by atoms with E-state index in [1.807, 2.05) is 6.92 Å². The molecule has 2 unspecified atom stereocenters. The SMILES string of the molecule is [CH]C(=O)NC(CCC)C(=O)NC(C)C(=O)OC. The first-order valence-corrected chi connectivity index (χ1v) is 5.36. The molecule has 0 saturated heterocycles. The van der Waals surface area contributed by atoms with Crippen LogP contribution in [0.2, 0.25) is 0 Å². The van der Waals surface area contributed by atoms with Crippen LogP contribution in [0, 0.1) is 6.92 Å². The summed E-state index contributed by atoms with van der Waals surface area (Å²) in [7, 11) is 1.23. The van der Waals surface area contributed by atoms with E-state index in [0.717, 1.165) is 0 Å². The molecule has 0 fully saturated rings. The molecular weight excluding hydrogens is 224 g/mol. The third kappa shape index (κ3) is 5.89. The molecule has 17 heavy (non-hydrogen) atoms. The summed E-state index contributed by atoms with van der Waals surface area (Å²) < 4.78 is 4.47. The van der Waals surface area contributed by atoms with Crippen molar-refractivity contribution in [1.29, 1.82) is 0 Å². The van der Waals surface area contributed by atoms with E-state index in [2.05, 4.69) is 15.4 Å². The lowest BCUT2D eigenvalue weighted by Crippen LogP contribution is -2.50. The van der Waals surface area contributed by atoms with Crippen LogP contribution in [0.3, 0.4) is 0 Å². The van der Waals surface area contributed by atoms with Gasteiger partial charge in [-0.1, -0.05) is 13.3 Å². The summed E-state index contributed by atoms with van der Waals surface area (Å²) in [5.41, 5.74) is 0. The summed E-state index contributed by atoms with van der Waals surface area (Å²) in [5, 5.41) is 4.75. The second kappa shape index (κ2) is 7.65. The van der Waals surface area contributed by atoms with Gasteiger partial charge in [0, 0.05) is 0 Å². The number of amides is 2. The average Bonchev–Trinajstić information content (AvgIpc) is 2.26. The molecule has 2 N–H and O–H groups in total. The van der Waals surface area contributed by atoms with E-state index in [1.165, 1.54) is 14.0 Å². The number of nitrogens with one attached hydrogen (secondary N) is 2. The number of ether oxygens (including phenoxy) is 1. The number of carbonyl (C=O) groups excluding carboxylic acids is 3. The summed E-state index contributed by atoms with van der Waals surface area (Å²) in [5.74, 6) is -1.78. The molecule has 2 amide bonds. The van der Waals surface area contributed by atoms with E-state index < -0.39 is 29.9 Å². The topological polar surface area (TPSA) is 84.5 Å². The Bertz CT molecular complexity index is 291. The van der Waals surface area contributed by atoms with Gasteiger partial charge in [-0.25, -0.2) is 4.79 Å². The molecule has 0 aromatic carbocycles. The van der Waals surface area contributed by atoms with Crippen LogP contribution in [0.4, 0.5) is 0 Å². The molecule has 0 saturated carbocycles. The van der Waals surface area contributed by atoms with Gasteiger partial charge in [-0.05, 0) is 13.3 Å². The van der Waals surface area contributed by atoms with E-state index in [0.29, 0.717) is 12.8 Å². The highest BCUT2D eigenvalue weighted by Gasteiger charge is 2.22. The molecule has 0 spiro atoms. The normalized spacial score (nSPS) is 13.4. The number of hydrogen-bond acceptors (Lipinski definition) is 4. The summed E-state index contributed by atoms with van der Waals surface area (Å²) in [4.78, 5) is 33.5. The third-order valence-corrected chi connectivity index (χ3v) is 2.12. The van der Waals surface area contributed by atoms with Gasteiger partial charge >= 0.3 is 5.97 Å². The van der Waals surface area contributed by atoms with Crippen LogP contribution in [0.1, 0.15) is 26.7 Å². The zero-order valence-electron chi connectivity index (χ0n) is 10.3. The van der Waals surface area contributed by atoms with Gasteiger partial charge in [-0.2, -0.15) is 0 Å². The zero-order valence-corrected chi connectivity index (χ0v) is 10.3. The molecule has 2 radical (unpaired) electrons. The van der Waals surface area contributed by atoms with Gasteiger partial charge in [0.1, 0.15) is 12.1 Å². The molecule has 0 rings (SSSR count). The van der Waals surface area contributed by atoms with Crippen LogP contribution in [0.15, 0.2) is 0 Å². The Morgan fingerprint density at radius 3 is 2.29 bits per heavy atom. The van der Waals surface area contributed by atoms with Gasteiger partial charge in [0.05, 0.1) is 14.0 Å². The Morgan fingerprint density at radius 2 is 1.88 bits per heavy atom. The standard InChI is InChI=1S/C11H18N2O4/c1-5-6-9(13-8(3)14)10(15)12-7(2)11(16)17-4/h3,7,9H,5-6H2,1-2,4H3,(H,12,15)(H,13,14). The lowest BCUT2D eigenvalue weighted by atomic mass is 10.1. The van der Waals surface area contributed by atoms with Gasteiger partial charge in [-0.15, -0.1) is 0 Å². The largest absolute Gasteiger partial charge is 0.467 e. The Hall–Kier alpha value is -1.59. The molecule has 6 heteroatoms. The van der Waals surface area contributed by atoms with Crippen molar-refractivity contribution in [3.63, 3.8) is 0 Å². The van der Waals surface area contributed by atoms with E-state index >= 15 is 0 Å². The molecule has 6 nitrogen and oxygen atoms in total. The van der Waals surface area contributed by atoms with Crippen molar-refractivity contribution in [3.8, 4) is 0 Å². The van der Waals surface area contributed by atoms with Gasteiger partial charge in [0.15, 0.2) is 0 Å². The molecule has 0 aliphatic carbocycles. The Kier molecular flexibility index (Phi) is 6.93. The van der Waals surface area contributed by atoms with E-state index in [9.17, 15) is 14.4 Å². The monoisotopic (exact) mass is 242 g/mol. The van der Waals surface area contributed by atoms with Crippen molar-refractivity contribution in [3.05, 3.63) is 6.92 Å². The molecule has 0 heterocycles. The van der Waals surface area contributed by atoms with Crippen LogP contribution >= 0.6 is 0 Å². The molecule has 0 aliphatic rings. The highest BCUT2D eigenvalue weighted by molar-refractivity contribution is 5.91. The van der Waals surface area contributed by atoms with Crippen LogP contribution in [-0.4, -0.2) is 37.0 Å². The van der Waals surface area contributed by atoms with E-state index in [1.54, 1.807) is 0 Å². The van der Waals surface area contributed by atoms with Crippen LogP contribution in [-0.2, 0) is 19.1 Å². The lowest BCUT2D eigenvalue weighted by Gasteiger charge is -2.19. The Morgan fingerprint density at radius 1 is 1.29 bits per heavy atom. The minimum Gasteiger partial charge on any atom is -0.467 e. The summed E-state index contributed by atoms with van der Waals surface area (Å²) in [6, 6.07) is -1.49. The zero-order chi connectivity index (χ0) is 13.4. The number of esters is 1. The number of methoxy groups -OCH3 is 1. The maximum atomic E-state index is 11.7. The maximum Gasteiger partial charge on any atom is 0.328 e. The first-order chi connectivity index (χ1) is 7.92. The second-order valence-corrected chi connectivity index (χ2v) is 3.60. The van der Waals surface area contributed by atoms with Gasteiger partial charge in [0.2, 0.25) is 11.8 Å². The molecular formula is C11H18N2O4. The van der Waals surface area contributed by atoms with Crippen molar-refractivity contribution < 1.29 is 19.1 Å². The fourth-order valence-electron chi connectivity index (χ4n) is 1.28. The fourth-order valence-corrected chi connectivity index (χ4v) is 1.28. The lowest BCUT2D eigenvalue weighted by molar-refractivity contribution is -0.144. The van der Waals surface area contributed by atoms with Gasteiger partial charge < -0.3 is 15.4 Å². The number of hydrogen-bond donors (Lipinski definition) is 2. The predicted molar refractivity (Wildman–Crippen MR) is 60.8 cm³/mol. The highest BCUT2D eigenvalue weighted by atomic mass is 16.5. The number of carbonyl (C=O) groups is 3. The van der Waals surface area contributed by atoms with Crippen LogP contribution in [0.5, 0.6) is 0 Å². The molecule has 0 aromatic heterocycles. The number of rotatable bonds is 6. The quantitative estimate of drug-likeness (QED) is 0.624. The van der Waals surface area contributed by atoms with Crippen LogP contribution in [0.25, 0.3) is 0 Å². The average molecular weight is 242 g/mol. The fraction of sp³-hybridized carbons (Fsp3) is 0.636. The first-order valence-electron chi connectivity index (χ1n) is 5.36. The van der Waals surface area contributed by atoms with Gasteiger partial charge in [0.25, 0.3) is 0 Å². The molecule has 0 aromatic rings. The third-order valence-electron chi connectivity index (χ3n) is 2.12. The first kappa shape index (κ1) is 15.4. The summed E-state index contributed by atoms with van der Waals surface area (Å²) in [6.45, 7) is 8.32. The summed E-state index contributed by atoms with van der Waals surface area (Å²) >= 11 is 0. The highest BCUT2D eigenvalue weighted by Crippen LogP contribution is 1.98. The van der Waals surface area contributed by atoms with Crippen molar-refractivity contribution in [1.82, 2.24) is 10.6 Å². The Labute approximate surface area is 101 Å². The minimum atomic E-state index is -0.774. The second-order valence-electron chi connectivity index (χ2n) is 3.60. The van der Waals surface area contributed by atoms with E-state index in [4.69, 9.17) is 6.92 Å². The smallest absolute Gasteiger partial charge is 0.328 e. The summed E-state index contributed by atoms with van der Waals surface area (Å²) in [6.07, 6.45) is 1.15. The van der Waals surface area contributed by atoms with Crippen molar-refractivity contribution >= 4 is 17.8 Å². The van der Waals surface area contributed by atoms with E-state index in [-0.39, 0.29) is 0 Å². The molecule has 0 bridgehead atoms. The van der Waals surface area contributed by atoms with Gasteiger partial charge in [-0.3, -0.25) is 9.59 Å². The van der Waals surface area contributed by atoms with Crippen LogP contribution < -0.4 is 10.6 Å². The molecule has 2 atom stereocenters. The minimum absolute atomic E-state index is 0.447. The molecule has 96 valence electrons. The maximum absolute atomic E-state index is 11.7. The van der Waals surface area contributed by atoms with Crippen molar-refractivity contribution in [2.24, 2.45) is 0 Å². The predicted octanol–water partition coefficient (Wildman–Crippen LogP) is -0.340. The van der Waals surface area contributed by atoms with Crippen molar-refractivity contribution in [2.45, 2.75) is 38.8 Å². The Balaban J connectivity index is 4.41. The molecule has 0 aliphatic heterocycles.